The highest BCUT2D eigenvalue weighted by Gasteiger charge is 2.24. The molecule has 0 aliphatic carbocycles. The van der Waals surface area contributed by atoms with Crippen molar-refractivity contribution >= 4 is 11.9 Å². The summed E-state index contributed by atoms with van der Waals surface area (Å²) in [7, 11) is 0. The number of aryl methyl sites for hydroxylation is 1. The molecule has 0 unspecified atom stereocenters. The average Bonchev–Trinajstić information content (AvgIpc) is 2.33. The normalized spacial score (nSPS) is 11.2. The molecule has 0 atom stereocenters. The molecule has 0 saturated heterocycles. The van der Waals surface area contributed by atoms with E-state index < -0.39 is 5.41 Å². The summed E-state index contributed by atoms with van der Waals surface area (Å²) in [6, 6.07) is 1.78. The van der Waals surface area contributed by atoms with Gasteiger partial charge in [-0.3, -0.25) is 4.79 Å². The zero-order valence-corrected chi connectivity index (χ0v) is 12.0. The van der Waals surface area contributed by atoms with Gasteiger partial charge >= 0.3 is 0 Å². The number of hydrogen-bond donors (Lipinski definition) is 2. The maximum Gasteiger partial charge on any atom is 0.226 e. The first-order valence-corrected chi connectivity index (χ1v) is 6.37. The number of ether oxygens (including phenoxy) is 1. The molecule has 6 nitrogen and oxygen atoms in total. The highest BCUT2D eigenvalue weighted by atomic mass is 16.5. The number of hydrogen-bond acceptors (Lipinski definition) is 5. The smallest absolute Gasteiger partial charge is 0.226 e. The molecule has 1 aromatic heterocycles. The molecule has 0 radical (unpaired) electrons. The minimum atomic E-state index is -0.655. The summed E-state index contributed by atoms with van der Waals surface area (Å²) in [6.07, 6.45) is 0.917. The Kier molecular flexibility index (Phi) is 5.09. The van der Waals surface area contributed by atoms with E-state index in [1.54, 1.807) is 19.9 Å². The second-order valence-electron chi connectivity index (χ2n) is 5.12. The fourth-order valence-electron chi connectivity index (χ4n) is 1.29. The minimum Gasteiger partial charge on any atom is -0.478 e. The molecule has 0 fully saturated rings. The van der Waals surface area contributed by atoms with Crippen molar-refractivity contribution < 1.29 is 9.53 Å². The van der Waals surface area contributed by atoms with Crippen molar-refractivity contribution in [2.24, 2.45) is 11.1 Å². The van der Waals surface area contributed by atoms with Crippen molar-refractivity contribution in [1.29, 1.82) is 0 Å². The Morgan fingerprint density at radius 3 is 2.74 bits per heavy atom. The lowest BCUT2D eigenvalue weighted by molar-refractivity contribution is -0.125. The van der Waals surface area contributed by atoms with Crippen LogP contribution in [-0.2, 0) is 4.79 Å². The maximum atomic E-state index is 11.2. The summed E-state index contributed by atoms with van der Waals surface area (Å²) in [4.78, 5) is 19.7. The van der Waals surface area contributed by atoms with E-state index in [1.807, 2.05) is 13.8 Å². The first kappa shape index (κ1) is 15.2. The molecule has 1 amide bonds. The summed E-state index contributed by atoms with van der Waals surface area (Å²) in [5.41, 5.74) is 5.47. The molecule has 1 aromatic rings. The minimum absolute atomic E-state index is 0.366. The molecule has 19 heavy (non-hydrogen) atoms. The molecule has 1 rings (SSSR count). The molecule has 6 heteroatoms. The molecule has 106 valence electrons. The van der Waals surface area contributed by atoms with Gasteiger partial charge in [-0.25, -0.2) is 4.98 Å². The fraction of sp³-hybridized carbons (Fsp3) is 0.615. The number of aromatic nitrogens is 2. The Balaban J connectivity index is 2.73. The van der Waals surface area contributed by atoms with E-state index in [9.17, 15) is 4.79 Å². The van der Waals surface area contributed by atoms with Crippen LogP contribution in [0.2, 0.25) is 0 Å². The van der Waals surface area contributed by atoms with Crippen molar-refractivity contribution in [3.05, 3.63) is 11.8 Å². The lowest BCUT2D eigenvalue weighted by atomic mass is 9.93. The molecule has 3 N–H and O–H groups in total. The van der Waals surface area contributed by atoms with Gasteiger partial charge in [-0.05, 0) is 27.2 Å². The van der Waals surface area contributed by atoms with Gasteiger partial charge in [0, 0.05) is 18.3 Å². The van der Waals surface area contributed by atoms with Gasteiger partial charge in [0.05, 0.1) is 12.0 Å². The van der Waals surface area contributed by atoms with Gasteiger partial charge in [-0.2, -0.15) is 4.98 Å². The van der Waals surface area contributed by atoms with Crippen molar-refractivity contribution in [1.82, 2.24) is 9.97 Å². The van der Waals surface area contributed by atoms with Gasteiger partial charge in [0.25, 0.3) is 0 Å². The van der Waals surface area contributed by atoms with Crippen LogP contribution in [-0.4, -0.2) is 29.0 Å². The van der Waals surface area contributed by atoms with Crippen LogP contribution in [0.25, 0.3) is 0 Å². The van der Waals surface area contributed by atoms with Gasteiger partial charge in [-0.1, -0.05) is 6.92 Å². The van der Waals surface area contributed by atoms with E-state index >= 15 is 0 Å². The van der Waals surface area contributed by atoms with E-state index in [0.717, 1.165) is 12.1 Å². The summed E-state index contributed by atoms with van der Waals surface area (Å²) >= 11 is 0. The summed E-state index contributed by atoms with van der Waals surface area (Å²) in [5.74, 6) is 0.615. The Bertz CT molecular complexity index is 446. The van der Waals surface area contributed by atoms with Gasteiger partial charge in [0.2, 0.25) is 17.7 Å². The van der Waals surface area contributed by atoms with Crippen LogP contribution >= 0.6 is 0 Å². The Morgan fingerprint density at radius 1 is 1.47 bits per heavy atom. The number of rotatable bonds is 7. The Morgan fingerprint density at radius 2 is 2.16 bits per heavy atom. The van der Waals surface area contributed by atoms with Crippen LogP contribution in [0.5, 0.6) is 5.88 Å². The third-order valence-electron chi connectivity index (χ3n) is 2.64. The number of carbonyl (C=O) groups is 1. The first-order chi connectivity index (χ1) is 8.85. The maximum absolute atomic E-state index is 11.2. The highest BCUT2D eigenvalue weighted by molar-refractivity contribution is 5.80. The number of nitrogens with one attached hydrogen (secondary N) is 1. The summed E-state index contributed by atoms with van der Waals surface area (Å²) in [6.45, 7) is 8.43. The van der Waals surface area contributed by atoms with Crippen molar-refractivity contribution in [3.8, 4) is 5.88 Å². The Labute approximate surface area is 113 Å². The van der Waals surface area contributed by atoms with Crippen LogP contribution < -0.4 is 15.8 Å². The molecule has 0 aromatic carbocycles. The molecule has 0 aliphatic heterocycles. The number of anilines is 1. The lowest BCUT2D eigenvalue weighted by Crippen LogP contribution is -2.37. The summed E-state index contributed by atoms with van der Waals surface area (Å²) < 4.78 is 5.47. The molecule has 0 aliphatic rings. The van der Waals surface area contributed by atoms with Crippen LogP contribution in [0.4, 0.5) is 5.95 Å². The fourth-order valence-corrected chi connectivity index (χ4v) is 1.29. The molecule has 1 heterocycles. The third-order valence-corrected chi connectivity index (χ3v) is 2.64. The van der Waals surface area contributed by atoms with Crippen LogP contribution in [0.1, 0.15) is 32.9 Å². The van der Waals surface area contributed by atoms with Crippen LogP contribution in [0.3, 0.4) is 0 Å². The van der Waals surface area contributed by atoms with Crippen molar-refractivity contribution in [2.45, 2.75) is 34.1 Å². The standard InChI is InChI=1S/C13H22N4O2/c1-5-6-19-10-7-9(2)16-12(17-10)15-8-13(3,4)11(14)18/h7H,5-6,8H2,1-4H3,(H2,14,18)(H,15,16,17). The largest absolute Gasteiger partial charge is 0.478 e. The molecule has 0 saturated carbocycles. The number of primary amides is 1. The number of nitrogens with two attached hydrogens (primary N) is 1. The van der Waals surface area contributed by atoms with E-state index in [2.05, 4.69) is 15.3 Å². The lowest BCUT2D eigenvalue weighted by Gasteiger charge is -2.20. The van der Waals surface area contributed by atoms with E-state index in [4.69, 9.17) is 10.5 Å². The number of nitrogens with zero attached hydrogens (tertiary/aromatic N) is 2. The van der Waals surface area contributed by atoms with Crippen LogP contribution in [0, 0.1) is 12.3 Å². The zero-order valence-electron chi connectivity index (χ0n) is 12.0. The summed E-state index contributed by atoms with van der Waals surface area (Å²) in [5, 5.41) is 3.02. The second-order valence-corrected chi connectivity index (χ2v) is 5.12. The zero-order chi connectivity index (χ0) is 14.5. The van der Waals surface area contributed by atoms with Gasteiger partial charge < -0.3 is 15.8 Å². The second kappa shape index (κ2) is 6.36. The first-order valence-electron chi connectivity index (χ1n) is 6.37. The van der Waals surface area contributed by atoms with Gasteiger partial charge in [0.15, 0.2) is 0 Å². The molecular weight excluding hydrogens is 244 g/mol. The average molecular weight is 266 g/mol. The van der Waals surface area contributed by atoms with E-state index in [1.165, 1.54) is 0 Å². The predicted molar refractivity (Wildman–Crippen MR) is 74.0 cm³/mol. The monoisotopic (exact) mass is 266 g/mol. The molecule has 0 spiro atoms. The van der Waals surface area contributed by atoms with Gasteiger partial charge in [0.1, 0.15) is 0 Å². The number of carbonyl (C=O) groups excluding carboxylic acids is 1. The molecule has 0 bridgehead atoms. The van der Waals surface area contributed by atoms with Gasteiger partial charge in [-0.15, -0.1) is 0 Å². The van der Waals surface area contributed by atoms with E-state index in [0.29, 0.717) is 25.0 Å². The topological polar surface area (TPSA) is 90.1 Å². The SMILES string of the molecule is CCCOc1cc(C)nc(NCC(C)(C)C(N)=O)n1. The molecular formula is C13H22N4O2. The van der Waals surface area contributed by atoms with Crippen LogP contribution in [0.15, 0.2) is 6.07 Å². The Hall–Kier alpha value is -1.85. The third kappa shape index (κ3) is 4.73. The predicted octanol–water partition coefficient (Wildman–Crippen LogP) is 1.50. The van der Waals surface area contributed by atoms with Crippen molar-refractivity contribution in [2.75, 3.05) is 18.5 Å². The quantitative estimate of drug-likeness (QED) is 0.780. The van der Waals surface area contributed by atoms with E-state index in [-0.39, 0.29) is 5.91 Å². The van der Waals surface area contributed by atoms with Crippen molar-refractivity contribution in [3.63, 3.8) is 0 Å². The number of amides is 1. The highest BCUT2D eigenvalue weighted by Crippen LogP contribution is 2.16.